The summed E-state index contributed by atoms with van der Waals surface area (Å²) in [6, 6.07) is 5.96. The Morgan fingerprint density at radius 3 is 2.74 bits per heavy atom. The molecule has 0 radical (unpaired) electrons. The van der Waals surface area contributed by atoms with E-state index < -0.39 is 0 Å². The molecule has 0 saturated carbocycles. The summed E-state index contributed by atoms with van der Waals surface area (Å²) >= 11 is 1.43. The van der Waals surface area contributed by atoms with E-state index in [1.807, 2.05) is 5.38 Å². The number of carbonyl (C=O) groups is 2. The summed E-state index contributed by atoms with van der Waals surface area (Å²) in [6.45, 7) is 5.07. The Morgan fingerprint density at radius 1 is 1.19 bits per heavy atom. The minimum absolute atomic E-state index is 0.0360. The van der Waals surface area contributed by atoms with E-state index in [9.17, 15) is 14.0 Å². The Bertz CT molecular complexity index is 898. The van der Waals surface area contributed by atoms with E-state index in [1.54, 1.807) is 17.0 Å². The van der Waals surface area contributed by atoms with Crippen LogP contribution in [0.4, 0.5) is 9.52 Å². The van der Waals surface area contributed by atoms with Crippen molar-refractivity contribution < 1.29 is 18.7 Å². The van der Waals surface area contributed by atoms with Crippen LogP contribution in [0.15, 0.2) is 29.6 Å². The van der Waals surface area contributed by atoms with Crippen molar-refractivity contribution in [3.8, 4) is 0 Å². The van der Waals surface area contributed by atoms with Crippen LogP contribution in [0.25, 0.3) is 0 Å². The van der Waals surface area contributed by atoms with Crippen LogP contribution >= 0.6 is 11.3 Å². The van der Waals surface area contributed by atoms with Crippen molar-refractivity contribution >= 4 is 28.3 Å². The maximum absolute atomic E-state index is 13.1. The lowest BCUT2D eigenvalue weighted by molar-refractivity contribution is -0.133. The number of benzene rings is 1. The molecule has 0 spiro atoms. The van der Waals surface area contributed by atoms with Crippen LogP contribution in [0, 0.1) is 11.7 Å². The topological polar surface area (TPSA) is 74.8 Å². The molecule has 1 aromatic carbocycles. The normalized spacial score (nSPS) is 19.9. The molecule has 1 aromatic heterocycles. The van der Waals surface area contributed by atoms with Crippen molar-refractivity contribution in [1.29, 1.82) is 0 Å². The predicted molar refractivity (Wildman–Crippen MR) is 116 cm³/mol. The maximum Gasteiger partial charge on any atom is 0.231 e. The van der Waals surface area contributed by atoms with Gasteiger partial charge in [0.05, 0.1) is 31.2 Å². The van der Waals surface area contributed by atoms with Gasteiger partial charge in [0, 0.05) is 38.1 Å². The largest absolute Gasteiger partial charge is 0.379 e. The van der Waals surface area contributed by atoms with Gasteiger partial charge in [-0.1, -0.05) is 12.1 Å². The fourth-order valence-corrected chi connectivity index (χ4v) is 4.64. The molecule has 166 valence electrons. The Hall–Kier alpha value is -2.36. The molecule has 1 N–H and O–H groups in total. The minimum atomic E-state index is -0.318. The first kappa shape index (κ1) is 21.9. The zero-order valence-electron chi connectivity index (χ0n) is 17.4. The molecule has 0 aliphatic carbocycles. The molecule has 3 heterocycles. The van der Waals surface area contributed by atoms with Crippen LogP contribution in [0.2, 0.25) is 0 Å². The van der Waals surface area contributed by atoms with Gasteiger partial charge in [-0.05, 0) is 30.5 Å². The van der Waals surface area contributed by atoms with Gasteiger partial charge in [0.2, 0.25) is 11.8 Å². The molecule has 1 atom stereocenters. The molecule has 9 heteroatoms. The third-order valence-electron chi connectivity index (χ3n) is 5.68. The molecule has 2 amide bonds. The molecule has 2 saturated heterocycles. The highest BCUT2D eigenvalue weighted by atomic mass is 32.1. The monoisotopic (exact) mass is 446 g/mol. The lowest BCUT2D eigenvalue weighted by Gasteiger charge is -2.32. The van der Waals surface area contributed by atoms with Gasteiger partial charge in [-0.3, -0.25) is 14.5 Å². The average molecular weight is 447 g/mol. The lowest BCUT2D eigenvalue weighted by Crippen LogP contribution is -2.44. The lowest BCUT2D eigenvalue weighted by atomic mass is 9.96. The van der Waals surface area contributed by atoms with Crippen molar-refractivity contribution in [2.75, 3.05) is 44.7 Å². The number of hydrogen-bond donors (Lipinski definition) is 1. The van der Waals surface area contributed by atoms with Crippen molar-refractivity contribution in [1.82, 2.24) is 14.8 Å². The molecule has 2 aromatic rings. The summed E-state index contributed by atoms with van der Waals surface area (Å²) in [6.07, 6.45) is 1.75. The maximum atomic E-state index is 13.1. The third kappa shape index (κ3) is 6.09. The van der Waals surface area contributed by atoms with Crippen LogP contribution < -0.4 is 5.32 Å². The number of halogens is 1. The van der Waals surface area contributed by atoms with E-state index in [0.717, 1.165) is 56.9 Å². The molecular formula is C22H27FN4O3S. The fraction of sp³-hybridized carbons (Fsp3) is 0.500. The Labute approximate surface area is 185 Å². The Balaban J connectivity index is 1.28. The number of rotatable bonds is 6. The number of morpholine rings is 1. The zero-order valence-corrected chi connectivity index (χ0v) is 18.2. The van der Waals surface area contributed by atoms with E-state index in [4.69, 9.17) is 4.74 Å². The highest BCUT2D eigenvalue weighted by Gasteiger charge is 2.29. The van der Waals surface area contributed by atoms with E-state index in [-0.39, 0.29) is 30.0 Å². The summed E-state index contributed by atoms with van der Waals surface area (Å²) < 4.78 is 18.4. The molecule has 1 unspecified atom stereocenters. The minimum Gasteiger partial charge on any atom is -0.379 e. The highest BCUT2D eigenvalue weighted by Crippen LogP contribution is 2.22. The van der Waals surface area contributed by atoms with E-state index in [0.29, 0.717) is 18.2 Å². The molecule has 7 nitrogen and oxygen atoms in total. The molecular weight excluding hydrogens is 419 g/mol. The molecule has 2 aliphatic heterocycles. The number of carbonyl (C=O) groups excluding carboxylic acids is 2. The quantitative estimate of drug-likeness (QED) is 0.738. The average Bonchev–Trinajstić information content (AvgIpc) is 3.22. The second-order valence-electron chi connectivity index (χ2n) is 8.00. The first-order valence-corrected chi connectivity index (χ1v) is 11.5. The van der Waals surface area contributed by atoms with Crippen molar-refractivity contribution in [3.05, 3.63) is 46.7 Å². The van der Waals surface area contributed by atoms with Gasteiger partial charge in [0.15, 0.2) is 5.13 Å². The van der Waals surface area contributed by atoms with Gasteiger partial charge in [-0.2, -0.15) is 0 Å². The molecule has 0 bridgehead atoms. The number of likely N-dealkylation sites (tertiary alicyclic amines) is 1. The number of nitrogens with one attached hydrogen (secondary N) is 1. The van der Waals surface area contributed by atoms with Gasteiger partial charge < -0.3 is 15.0 Å². The second-order valence-corrected chi connectivity index (χ2v) is 8.86. The van der Waals surface area contributed by atoms with Crippen molar-refractivity contribution in [3.63, 3.8) is 0 Å². The molecule has 31 heavy (non-hydrogen) atoms. The van der Waals surface area contributed by atoms with Crippen molar-refractivity contribution in [2.24, 2.45) is 5.92 Å². The highest BCUT2D eigenvalue weighted by molar-refractivity contribution is 7.13. The molecule has 2 fully saturated rings. The van der Waals surface area contributed by atoms with Crippen LogP contribution in [0.5, 0.6) is 0 Å². The summed E-state index contributed by atoms with van der Waals surface area (Å²) in [7, 11) is 0. The van der Waals surface area contributed by atoms with Crippen LogP contribution in [-0.4, -0.2) is 66.0 Å². The number of amides is 2. The summed E-state index contributed by atoms with van der Waals surface area (Å²) in [5, 5.41) is 5.51. The number of aromatic nitrogens is 1. The van der Waals surface area contributed by atoms with Gasteiger partial charge in [-0.15, -0.1) is 11.3 Å². The van der Waals surface area contributed by atoms with Crippen LogP contribution in [0.3, 0.4) is 0 Å². The smallest absolute Gasteiger partial charge is 0.231 e. The summed E-state index contributed by atoms with van der Waals surface area (Å²) in [5.41, 5.74) is 1.72. The standard InChI is InChI=1S/C22H27FN4O3S/c23-18-5-3-16(4-6-18)12-20(28)27-7-1-2-17(13-27)21(29)25-22-24-19(15-31-22)14-26-8-10-30-11-9-26/h3-6,15,17H,1-2,7-14H2,(H,24,25,29). The van der Waals surface area contributed by atoms with Crippen LogP contribution in [-0.2, 0) is 27.3 Å². The third-order valence-corrected chi connectivity index (χ3v) is 6.49. The number of nitrogens with zero attached hydrogens (tertiary/aromatic N) is 3. The number of hydrogen-bond acceptors (Lipinski definition) is 6. The number of anilines is 1. The van der Waals surface area contributed by atoms with Crippen molar-refractivity contribution in [2.45, 2.75) is 25.8 Å². The van der Waals surface area contributed by atoms with E-state index in [1.165, 1.54) is 23.5 Å². The predicted octanol–water partition coefficient (Wildman–Crippen LogP) is 2.53. The summed E-state index contributed by atoms with van der Waals surface area (Å²) in [5.74, 6) is -0.698. The van der Waals surface area contributed by atoms with Gasteiger partial charge in [0.1, 0.15) is 5.82 Å². The Kier molecular flexibility index (Phi) is 7.26. The van der Waals surface area contributed by atoms with E-state index >= 15 is 0 Å². The van der Waals surface area contributed by atoms with Gasteiger partial charge >= 0.3 is 0 Å². The first-order valence-electron chi connectivity index (χ1n) is 10.6. The first-order chi connectivity index (χ1) is 15.1. The number of thiazole rings is 1. The number of ether oxygens (including phenoxy) is 1. The van der Waals surface area contributed by atoms with Crippen LogP contribution in [0.1, 0.15) is 24.1 Å². The zero-order chi connectivity index (χ0) is 21.6. The van der Waals surface area contributed by atoms with E-state index in [2.05, 4.69) is 15.2 Å². The fourth-order valence-electron chi connectivity index (χ4n) is 3.94. The Morgan fingerprint density at radius 2 is 1.97 bits per heavy atom. The van der Waals surface area contributed by atoms with Gasteiger partial charge in [-0.25, -0.2) is 9.37 Å². The SMILES string of the molecule is O=C(Nc1nc(CN2CCOCC2)cs1)C1CCCN(C(=O)Cc2ccc(F)cc2)C1. The second kappa shape index (κ2) is 10.3. The molecule has 2 aliphatic rings. The van der Waals surface area contributed by atoms with Gasteiger partial charge in [0.25, 0.3) is 0 Å². The summed E-state index contributed by atoms with van der Waals surface area (Å²) in [4.78, 5) is 34.0. The molecule has 4 rings (SSSR count). The number of piperidine rings is 1.